The van der Waals surface area contributed by atoms with Gasteiger partial charge in [-0.3, -0.25) is 38.9 Å². The fourth-order valence-corrected chi connectivity index (χ4v) is 10.4. The van der Waals surface area contributed by atoms with Gasteiger partial charge in [-0.15, -0.1) is 0 Å². The van der Waals surface area contributed by atoms with Crippen LogP contribution in [0.3, 0.4) is 0 Å². The normalized spacial score (nSPS) is 23.0. The number of likely N-dealkylation sites (tertiary alicyclic amines) is 1. The highest BCUT2D eigenvalue weighted by atomic mass is 16.4. The van der Waals surface area contributed by atoms with Crippen LogP contribution in [0.1, 0.15) is 148 Å². The summed E-state index contributed by atoms with van der Waals surface area (Å²) in [6.07, 6.45) is 13.0. The summed E-state index contributed by atoms with van der Waals surface area (Å²) in [5.41, 5.74) is 1.45. The van der Waals surface area contributed by atoms with Gasteiger partial charge in [-0.2, -0.15) is 0 Å². The van der Waals surface area contributed by atoms with E-state index in [1.54, 1.807) is 6.07 Å². The van der Waals surface area contributed by atoms with Gasteiger partial charge in [0.15, 0.2) is 0 Å². The summed E-state index contributed by atoms with van der Waals surface area (Å²) in [7, 11) is 0. The average Bonchev–Trinajstić information content (AvgIpc) is 3.99. The second-order valence-corrected chi connectivity index (χ2v) is 19.4. The van der Waals surface area contributed by atoms with E-state index in [2.05, 4.69) is 36.6 Å². The fourth-order valence-electron chi connectivity index (χ4n) is 10.4. The van der Waals surface area contributed by atoms with Gasteiger partial charge in [-0.05, 0) is 80.2 Å². The van der Waals surface area contributed by atoms with Crippen molar-refractivity contribution in [2.45, 2.75) is 141 Å². The van der Waals surface area contributed by atoms with Crippen LogP contribution in [-0.2, 0) is 30.5 Å². The summed E-state index contributed by atoms with van der Waals surface area (Å²) >= 11 is 0. The molecular weight excluding hydrogens is 835 g/mol. The Kier molecular flexibility index (Phi) is 14.8. The standard InChI is InChI=1S/C47H63N9O9/c1-47(2,3)39(45(63)56-25-28-15-11-16-29(28)38(56)46(64)65)54-43(61)37(27-13-7-6-8-14-27)53-41(59)34-24-50-33(23-51-34)40(58)49-22-10-5-4-9-21-48-32-18-12-17-30-31(32)26-55(44(30)62)35-19-20-36(57)52-42(35)60/h12,17-18,23-24,27-29,35,37-39,48H,4-11,13-16,19-22,25-26H2,1-3H3,(H,49,58)(H,53,59)(H,54,61)(H,64,65)(H,52,57,60)/t28-,29?,35?,37-,38-,39+/m0/s1. The zero-order valence-electron chi connectivity index (χ0n) is 37.7. The van der Waals surface area contributed by atoms with Crippen LogP contribution < -0.4 is 26.6 Å². The van der Waals surface area contributed by atoms with E-state index in [4.69, 9.17) is 0 Å². The van der Waals surface area contributed by atoms with Crippen LogP contribution in [0.5, 0.6) is 0 Å². The van der Waals surface area contributed by atoms with Gasteiger partial charge in [0.05, 0.1) is 12.4 Å². The van der Waals surface area contributed by atoms with E-state index in [1.807, 2.05) is 32.9 Å². The van der Waals surface area contributed by atoms with E-state index in [0.29, 0.717) is 51.0 Å². The molecule has 0 bridgehead atoms. The number of benzene rings is 1. The first kappa shape index (κ1) is 47.0. The molecule has 1 aromatic carbocycles. The van der Waals surface area contributed by atoms with Crippen LogP contribution >= 0.6 is 0 Å². The molecule has 4 heterocycles. The van der Waals surface area contributed by atoms with Crippen molar-refractivity contribution in [1.29, 1.82) is 0 Å². The van der Waals surface area contributed by atoms with Crippen molar-refractivity contribution in [3.05, 3.63) is 53.1 Å². The lowest BCUT2D eigenvalue weighted by Gasteiger charge is -2.37. The number of aliphatic carboxylic acids is 1. The molecule has 2 saturated carbocycles. The van der Waals surface area contributed by atoms with Crippen LogP contribution in [0.25, 0.3) is 0 Å². The Morgan fingerprint density at radius 2 is 1.55 bits per heavy atom. The molecule has 1 aromatic heterocycles. The molecule has 4 fully saturated rings. The summed E-state index contributed by atoms with van der Waals surface area (Å²) in [5, 5.41) is 24.6. The maximum absolute atomic E-state index is 14.2. The van der Waals surface area contributed by atoms with E-state index in [1.165, 1.54) is 22.2 Å². The van der Waals surface area contributed by atoms with E-state index in [-0.39, 0.29) is 47.4 Å². The zero-order chi connectivity index (χ0) is 46.4. The molecule has 6 atom stereocenters. The largest absolute Gasteiger partial charge is 0.480 e. The molecule has 6 N–H and O–H groups in total. The number of rotatable bonds is 17. The fraction of sp³-hybridized carbons (Fsp3) is 0.617. The maximum atomic E-state index is 14.2. The lowest BCUT2D eigenvalue weighted by Crippen LogP contribution is -2.61. The van der Waals surface area contributed by atoms with Crippen LogP contribution in [-0.4, -0.2) is 116 Å². The number of carbonyl (C=O) groups is 8. The smallest absolute Gasteiger partial charge is 0.326 e. The third kappa shape index (κ3) is 10.8. The molecule has 0 radical (unpaired) electrons. The van der Waals surface area contributed by atoms with Gasteiger partial charge in [0, 0.05) is 49.4 Å². The van der Waals surface area contributed by atoms with Crippen molar-refractivity contribution in [3.63, 3.8) is 0 Å². The van der Waals surface area contributed by atoms with Crippen LogP contribution in [0.2, 0.25) is 0 Å². The Hall–Kier alpha value is -5.94. The minimum atomic E-state index is -1.03. The number of unbranched alkanes of at least 4 members (excludes halogenated alkanes) is 3. The second kappa shape index (κ2) is 20.5. The minimum Gasteiger partial charge on any atom is -0.480 e. The highest BCUT2D eigenvalue weighted by Gasteiger charge is 2.52. The highest BCUT2D eigenvalue weighted by Crippen LogP contribution is 2.43. The molecule has 3 aliphatic heterocycles. The van der Waals surface area contributed by atoms with Gasteiger partial charge < -0.3 is 36.2 Å². The summed E-state index contributed by atoms with van der Waals surface area (Å²) in [5.74, 6) is -4.19. The Bertz CT molecular complexity index is 2150. The van der Waals surface area contributed by atoms with Gasteiger partial charge in [0.2, 0.25) is 23.6 Å². The van der Waals surface area contributed by atoms with E-state index in [9.17, 15) is 43.5 Å². The third-order valence-electron chi connectivity index (χ3n) is 13.9. The number of aromatic nitrogens is 2. The molecule has 2 unspecified atom stereocenters. The average molecular weight is 898 g/mol. The first-order chi connectivity index (χ1) is 31.1. The lowest BCUT2D eigenvalue weighted by atomic mass is 9.82. The number of anilines is 1. The lowest BCUT2D eigenvalue weighted by molar-refractivity contribution is -0.152. The van der Waals surface area contributed by atoms with E-state index < -0.39 is 65.1 Å². The van der Waals surface area contributed by atoms with Gasteiger partial charge >= 0.3 is 5.97 Å². The summed E-state index contributed by atoms with van der Waals surface area (Å²) < 4.78 is 0. The summed E-state index contributed by atoms with van der Waals surface area (Å²) in [6.45, 7) is 7.21. The Morgan fingerprint density at radius 1 is 0.846 bits per heavy atom. The predicted octanol–water partition coefficient (Wildman–Crippen LogP) is 3.56. The van der Waals surface area contributed by atoms with Gasteiger partial charge in [0.1, 0.15) is 35.6 Å². The zero-order valence-corrected chi connectivity index (χ0v) is 37.7. The number of nitrogens with zero attached hydrogens (tertiary/aromatic N) is 4. The second-order valence-electron chi connectivity index (χ2n) is 19.4. The molecule has 65 heavy (non-hydrogen) atoms. The maximum Gasteiger partial charge on any atom is 0.326 e. The molecule has 18 heteroatoms. The van der Waals surface area contributed by atoms with Crippen LogP contribution in [0, 0.1) is 23.2 Å². The number of hydrogen-bond acceptors (Lipinski definition) is 11. The number of carboxylic acids is 1. The first-order valence-corrected chi connectivity index (χ1v) is 23.4. The summed E-state index contributed by atoms with van der Waals surface area (Å²) in [6, 6.07) is 1.88. The van der Waals surface area contributed by atoms with Gasteiger partial charge in [-0.25, -0.2) is 14.8 Å². The van der Waals surface area contributed by atoms with E-state index in [0.717, 1.165) is 75.5 Å². The van der Waals surface area contributed by atoms with Crippen LogP contribution in [0.4, 0.5) is 5.69 Å². The van der Waals surface area contributed by atoms with Gasteiger partial charge in [-0.1, -0.05) is 65.4 Å². The highest BCUT2D eigenvalue weighted by molar-refractivity contribution is 6.06. The predicted molar refractivity (Wildman–Crippen MR) is 237 cm³/mol. The van der Waals surface area contributed by atoms with Crippen molar-refractivity contribution in [2.75, 3.05) is 25.0 Å². The number of amides is 7. The number of imide groups is 1. The number of carbonyl (C=O) groups excluding carboxylic acids is 7. The molecular formula is C47H63N9O9. The molecule has 5 aliphatic rings. The third-order valence-corrected chi connectivity index (χ3v) is 13.9. The Morgan fingerprint density at radius 3 is 2.23 bits per heavy atom. The number of carboxylic acid groups (broad SMARTS) is 1. The monoisotopic (exact) mass is 897 g/mol. The first-order valence-electron chi connectivity index (χ1n) is 23.4. The topological polar surface area (TPSA) is 249 Å². The van der Waals surface area contributed by atoms with Crippen molar-refractivity contribution in [2.24, 2.45) is 23.2 Å². The van der Waals surface area contributed by atoms with Crippen molar-refractivity contribution in [3.8, 4) is 0 Å². The Labute approximate surface area is 379 Å². The SMILES string of the molecule is CC(C)(C)[C@H](NC(=O)[C@@H](NC(=O)c1cnc(C(=O)NCCCCCCNc2cccc3c2CN(C2CCC(=O)NC2=O)C3=O)cn1)C1CCCCC1)C(=O)N1C[C@@H]2CCCC2[C@H]1C(=O)O. The van der Waals surface area contributed by atoms with Crippen molar-refractivity contribution < 1.29 is 43.5 Å². The molecule has 7 rings (SSSR count). The number of fused-ring (bicyclic) bond motifs is 2. The summed E-state index contributed by atoms with van der Waals surface area (Å²) in [4.78, 5) is 116. The molecule has 350 valence electrons. The van der Waals surface area contributed by atoms with Gasteiger partial charge in [0.25, 0.3) is 17.7 Å². The molecule has 18 nitrogen and oxygen atoms in total. The molecule has 7 amide bonds. The molecule has 2 aliphatic carbocycles. The van der Waals surface area contributed by atoms with Crippen molar-refractivity contribution >= 4 is 53.0 Å². The molecule has 2 aromatic rings. The number of nitrogens with one attached hydrogen (secondary N) is 5. The van der Waals surface area contributed by atoms with Crippen molar-refractivity contribution in [1.82, 2.24) is 41.0 Å². The molecule has 2 saturated heterocycles. The number of piperidine rings is 1. The minimum absolute atomic E-state index is 0.0367. The van der Waals surface area contributed by atoms with Crippen LogP contribution in [0.15, 0.2) is 30.6 Å². The quantitative estimate of drug-likeness (QED) is 0.0986. The Balaban J connectivity index is 0.862. The molecule has 0 spiro atoms. The van der Waals surface area contributed by atoms with E-state index >= 15 is 0 Å². The number of hydrogen-bond donors (Lipinski definition) is 6.